The lowest BCUT2D eigenvalue weighted by Gasteiger charge is -2.27. The maximum atomic E-state index is 14.6. The van der Waals surface area contributed by atoms with Crippen LogP contribution in [0.2, 0.25) is 0 Å². The van der Waals surface area contributed by atoms with E-state index in [1.807, 2.05) is 6.92 Å². The first kappa shape index (κ1) is 18.4. The molecular formula is C21H22F2O3. The van der Waals surface area contributed by atoms with Gasteiger partial charge in [-0.15, -0.1) is 0 Å². The van der Waals surface area contributed by atoms with Gasteiger partial charge in [0.25, 0.3) is 0 Å². The molecule has 0 amide bonds. The van der Waals surface area contributed by atoms with Gasteiger partial charge in [0, 0.05) is 11.1 Å². The van der Waals surface area contributed by atoms with Crippen molar-refractivity contribution in [1.82, 2.24) is 0 Å². The van der Waals surface area contributed by atoms with Crippen LogP contribution >= 0.6 is 0 Å². The maximum absolute atomic E-state index is 14.6. The Kier molecular flexibility index (Phi) is 5.55. The van der Waals surface area contributed by atoms with Crippen molar-refractivity contribution in [3.05, 3.63) is 53.6 Å². The van der Waals surface area contributed by atoms with Crippen LogP contribution in [0.5, 0.6) is 5.75 Å². The van der Waals surface area contributed by atoms with E-state index in [1.165, 1.54) is 18.2 Å². The summed E-state index contributed by atoms with van der Waals surface area (Å²) in [4.78, 5) is 11.4. The summed E-state index contributed by atoms with van der Waals surface area (Å²) in [5, 5.41) is 9.35. The van der Waals surface area contributed by atoms with Crippen molar-refractivity contribution in [2.24, 2.45) is 0 Å². The third-order valence-corrected chi connectivity index (χ3v) is 4.87. The number of hydrogen-bond acceptors (Lipinski definition) is 2. The van der Waals surface area contributed by atoms with E-state index < -0.39 is 23.5 Å². The summed E-state index contributed by atoms with van der Waals surface area (Å²) in [6, 6.07) is 8.95. The van der Waals surface area contributed by atoms with E-state index in [4.69, 9.17) is 4.74 Å². The summed E-state index contributed by atoms with van der Waals surface area (Å²) < 4.78 is 34.7. The van der Waals surface area contributed by atoms with Gasteiger partial charge in [0.1, 0.15) is 5.82 Å². The number of ether oxygens (including phenoxy) is 1. The molecule has 1 unspecified atom stereocenters. The molecule has 0 aromatic heterocycles. The number of hydrogen-bond donors (Lipinski definition) is 1. The molecule has 138 valence electrons. The van der Waals surface area contributed by atoms with Crippen LogP contribution in [0, 0.1) is 11.6 Å². The second-order valence-corrected chi connectivity index (χ2v) is 6.70. The van der Waals surface area contributed by atoms with Crippen molar-refractivity contribution in [3.63, 3.8) is 0 Å². The van der Waals surface area contributed by atoms with Crippen molar-refractivity contribution in [2.75, 3.05) is 0 Å². The Morgan fingerprint density at radius 1 is 1.23 bits per heavy atom. The zero-order chi connectivity index (χ0) is 18.7. The molecule has 0 heterocycles. The molecule has 0 bridgehead atoms. The summed E-state index contributed by atoms with van der Waals surface area (Å²) in [5.41, 5.74) is 1.10. The molecule has 0 saturated heterocycles. The Morgan fingerprint density at radius 2 is 2.00 bits per heavy atom. The molecule has 1 N–H and O–H groups in total. The average molecular weight is 360 g/mol. The fraction of sp³-hybridized carbons (Fsp3) is 0.381. The second kappa shape index (κ2) is 7.85. The average Bonchev–Trinajstić information content (AvgIpc) is 2.57. The highest BCUT2D eigenvalue weighted by atomic mass is 19.1. The Hall–Kier alpha value is -2.43. The summed E-state index contributed by atoms with van der Waals surface area (Å²) in [6.07, 6.45) is 3.83. The minimum atomic E-state index is -1.04. The zero-order valence-corrected chi connectivity index (χ0v) is 14.7. The second-order valence-electron chi connectivity index (χ2n) is 6.70. The maximum Gasteiger partial charge on any atom is 0.311 e. The zero-order valence-electron chi connectivity index (χ0n) is 14.7. The number of para-hydroxylation sites is 1. The van der Waals surface area contributed by atoms with Crippen LogP contribution in [-0.2, 0) is 4.79 Å². The largest absolute Gasteiger partial charge is 0.487 e. The molecule has 2 aromatic rings. The quantitative estimate of drug-likeness (QED) is 0.706. The molecule has 2 aromatic carbocycles. The van der Waals surface area contributed by atoms with Crippen LogP contribution in [-0.4, -0.2) is 17.2 Å². The van der Waals surface area contributed by atoms with Gasteiger partial charge < -0.3 is 9.84 Å². The third-order valence-electron chi connectivity index (χ3n) is 4.87. The number of carbonyl (C=O) groups is 1. The number of carboxylic acid groups (broad SMARTS) is 1. The van der Waals surface area contributed by atoms with E-state index in [-0.39, 0.29) is 17.4 Å². The van der Waals surface area contributed by atoms with Gasteiger partial charge in [0.15, 0.2) is 11.6 Å². The van der Waals surface area contributed by atoms with Gasteiger partial charge in [0.2, 0.25) is 0 Å². The van der Waals surface area contributed by atoms with Gasteiger partial charge in [-0.1, -0.05) is 37.6 Å². The topological polar surface area (TPSA) is 46.5 Å². The van der Waals surface area contributed by atoms with Gasteiger partial charge in [0.05, 0.1) is 12.0 Å². The van der Waals surface area contributed by atoms with E-state index in [9.17, 15) is 18.7 Å². The highest BCUT2D eigenvalue weighted by molar-refractivity contribution is 5.77. The van der Waals surface area contributed by atoms with E-state index in [1.54, 1.807) is 18.2 Å². The van der Waals surface area contributed by atoms with Crippen LogP contribution in [0.4, 0.5) is 8.78 Å². The van der Waals surface area contributed by atoms with Crippen molar-refractivity contribution >= 4 is 5.97 Å². The summed E-state index contributed by atoms with van der Waals surface area (Å²) in [6.45, 7) is 1.86. The number of rotatable bonds is 7. The summed E-state index contributed by atoms with van der Waals surface area (Å²) in [7, 11) is 0. The third kappa shape index (κ3) is 3.71. The minimum absolute atomic E-state index is 0.00397. The predicted octanol–water partition coefficient (Wildman–Crippen LogP) is 5.53. The monoisotopic (exact) mass is 360 g/mol. The van der Waals surface area contributed by atoms with Gasteiger partial charge in [-0.25, -0.2) is 8.78 Å². The highest BCUT2D eigenvalue weighted by Gasteiger charge is 2.25. The van der Waals surface area contributed by atoms with Crippen LogP contribution in [0.15, 0.2) is 36.4 Å². The van der Waals surface area contributed by atoms with Gasteiger partial charge in [-0.2, -0.15) is 0 Å². The SMILES string of the molecule is CCCC(C(=O)O)c1ccc(-c2cccc(F)c2OC2CCC2)cc1F. The molecule has 1 aliphatic rings. The fourth-order valence-electron chi connectivity index (χ4n) is 3.19. The van der Waals surface area contributed by atoms with Crippen LogP contribution in [0.3, 0.4) is 0 Å². The molecule has 0 radical (unpaired) electrons. The smallest absolute Gasteiger partial charge is 0.311 e. The molecule has 0 spiro atoms. The first-order valence-corrected chi connectivity index (χ1v) is 8.99. The molecule has 1 aliphatic carbocycles. The Balaban J connectivity index is 1.96. The van der Waals surface area contributed by atoms with Crippen molar-refractivity contribution in [2.45, 2.75) is 51.0 Å². The first-order chi connectivity index (χ1) is 12.5. The number of benzene rings is 2. The summed E-state index contributed by atoms with van der Waals surface area (Å²) >= 11 is 0. The van der Waals surface area contributed by atoms with Crippen LogP contribution in [0.25, 0.3) is 11.1 Å². The molecule has 1 saturated carbocycles. The Morgan fingerprint density at radius 3 is 2.58 bits per heavy atom. The standard InChI is InChI=1S/C21H22F2O3/c1-2-5-17(21(24)25)16-11-10-13(12-19(16)23)15-8-4-9-18(22)20(15)26-14-6-3-7-14/h4,8-12,14,17H,2-3,5-7H2,1H3,(H,24,25). The first-order valence-electron chi connectivity index (χ1n) is 8.99. The number of aliphatic carboxylic acids is 1. The molecule has 26 heavy (non-hydrogen) atoms. The van der Waals surface area contributed by atoms with Gasteiger partial charge in [-0.3, -0.25) is 4.79 Å². The van der Waals surface area contributed by atoms with E-state index in [0.29, 0.717) is 24.0 Å². The Bertz CT molecular complexity index is 800. The van der Waals surface area contributed by atoms with E-state index >= 15 is 0 Å². The molecule has 1 fully saturated rings. The lowest BCUT2D eigenvalue weighted by atomic mass is 9.92. The molecule has 1 atom stereocenters. The molecular weight excluding hydrogens is 338 g/mol. The van der Waals surface area contributed by atoms with Gasteiger partial charge in [-0.05, 0) is 43.4 Å². The molecule has 5 heteroatoms. The normalized spacial score (nSPS) is 15.3. The number of halogens is 2. The van der Waals surface area contributed by atoms with E-state index in [2.05, 4.69) is 0 Å². The minimum Gasteiger partial charge on any atom is -0.487 e. The molecule has 0 aliphatic heterocycles. The molecule has 3 rings (SSSR count). The lowest BCUT2D eigenvalue weighted by Crippen LogP contribution is -2.25. The van der Waals surface area contributed by atoms with Crippen LogP contribution < -0.4 is 4.74 Å². The van der Waals surface area contributed by atoms with Gasteiger partial charge >= 0.3 is 5.97 Å². The predicted molar refractivity (Wildman–Crippen MR) is 95.3 cm³/mol. The van der Waals surface area contributed by atoms with E-state index in [0.717, 1.165) is 19.3 Å². The lowest BCUT2D eigenvalue weighted by molar-refractivity contribution is -0.139. The Labute approximate surface area is 151 Å². The number of carboxylic acids is 1. The highest BCUT2D eigenvalue weighted by Crippen LogP contribution is 2.37. The summed E-state index contributed by atoms with van der Waals surface area (Å²) in [5.74, 6) is -2.87. The van der Waals surface area contributed by atoms with Crippen molar-refractivity contribution in [1.29, 1.82) is 0 Å². The van der Waals surface area contributed by atoms with Crippen molar-refractivity contribution in [3.8, 4) is 16.9 Å². The van der Waals surface area contributed by atoms with Crippen molar-refractivity contribution < 1.29 is 23.4 Å². The van der Waals surface area contributed by atoms with Crippen LogP contribution in [0.1, 0.15) is 50.5 Å². The fourth-order valence-corrected chi connectivity index (χ4v) is 3.19. The molecule has 3 nitrogen and oxygen atoms in total.